The molecule has 0 bridgehead atoms. The van der Waals surface area contributed by atoms with E-state index in [1.54, 1.807) is 13.1 Å². The van der Waals surface area contributed by atoms with Crippen LogP contribution in [0.4, 0.5) is 14.5 Å². The van der Waals surface area contributed by atoms with E-state index in [0.29, 0.717) is 17.2 Å². The quantitative estimate of drug-likeness (QED) is 0.796. The smallest absolute Gasteiger partial charge is 0.240 e. The summed E-state index contributed by atoms with van der Waals surface area (Å²) in [6.45, 7) is 2.10. The van der Waals surface area contributed by atoms with Gasteiger partial charge in [-0.1, -0.05) is 17.4 Å². The summed E-state index contributed by atoms with van der Waals surface area (Å²) in [6.07, 6.45) is 1.56. The molecule has 0 saturated carbocycles. The van der Waals surface area contributed by atoms with Crippen molar-refractivity contribution in [2.24, 2.45) is 0 Å². The van der Waals surface area contributed by atoms with E-state index in [1.807, 2.05) is 0 Å². The number of benzene rings is 1. The number of hydrogen-bond acceptors (Lipinski definition) is 5. The van der Waals surface area contributed by atoms with Gasteiger partial charge in [-0.2, -0.15) is 0 Å². The molecule has 1 fully saturated rings. The molecule has 1 aliphatic rings. The first-order valence-corrected chi connectivity index (χ1v) is 7.51. The van der Waals surface area contributed by atoms with E-state index in [2.05, 4.69) is 20.9 Å². The second kappa shape index (κ2) is 6.48. The van der Waals surface area contributed by atoms with E-state index in [9.17, 15) is 13.6 Å². The molecule has 0 radical (unpaired) electrons. The van der Waals surface area contributed by atoms with Crippen molar-refractivity contribution in [2.45, 2.75) is 13.5 Å². The van der Waals surface area contributed by atoms with Gasteiger partial charge in [0, 0.05) is 12.1 Å². The summed E-state index contributed by atoms with van der Waals surface area (Å²) >= 11 is 4.91. The molecule has 7 nitrogen and oxygen atoms in total. The van der Waals surface area contributed by atoms with E-state index >= 15 is 0 Å². The second-order valence-electron chi connectivity index (χ2n) is 5.28. The highest BCUT2D eigenvalue weighted by molar-refractivity contribution is 7.80. The minimum Gasteiger partial charge on any atom is -0.374 e. The van der Waals surface area contributed by atoms with Crippen LogP contribution in [-0.4, -0.2) is 39.1 Å². The van der Waals surface area contributed by atoms with Crippen molar-refractivity contribution < 1.29 is 13.6 Å². The highest BCUT2D eigenvalue weighted by Gasteiger charge is 2.25. The zero-order chi connectivity index (χ0) is 17.3. The van der Waals surface area contributed by atoms with Crippen molar-refractivity contribution in [1.82, 2.24) is 25.6 Å². The third-order valence-corrected chi connectivity index (χ3v) is 3.59. The van der Waals surface area contributed by atoms with Crippen LogP contribution >= 0.6 is 12.2 Å². The zero-order valence-electron chi connectivity index (χ0n) is 12.7. The number of nitrogens with one attached hydrogen (secondary N) is 2. The van der Waals surface area contributed by atoms with Gasteiger partial charge in [-0.15, -0.1) is 5.10 Å². The Hall–Kier alpha value is -2.62. The molecule has 0 aliphatic carbocycles. The lowest BCUT2D eigenvalue weighted by atomic mass is 10.2. The Morgan fingerprint density at radius 3 is 2.71 bits per heavy atom. The number of rotatable bonds is 4. The number of nitrogens with zero attached hydrogens (tertiary/aromatic N) is 4. The fourth-order valence-electron chi connectivity index (χ4n) is 2.33. The van der Waals surface area contributed by atoms with Crippen molar-refractivity contribution in [3.05, 3.63) is 35.7 Å². The molecule has 0 atom stereocenters. The summed E-state index contributed by atoms with van der Waals surface area (Å²) in [5.74, 6) is -1.82. The maximum absolute atomic E-state index is 14.3. The van der Waals surface area contributed by atoms with Gasteiger partial charge in [0.25, 0.3) is 0 Å². The van der Waals surface area contributed by atoms with Gasteiger partial charge in [-0.3, -0.25) is 4.79 Å². The molecule has 3 rings (SSSR count). The molecular weight excluding hydrogens is 338 g/mol. The number of thiocarbonyl (C=S) groups is 1. The van der Waals surface area contributed by atoms with Crippen molar-refractivity contribution in [3.63, 3.8) is 0 Å². The average molecular weight is 352 g/mol. The number of amides is 1. The lowest BCUT2D eigenvalue weighted by Crippen LogP contribution is -2.23. The predicted octanol–water partition coefficient (Wildman–Crippen LogP) is 0.876. The van der Waals surface area contributed by atoms with Crippen LogP contribution < -0.4 is 15.5 Å². The number of halogens is 2. The zero-order valence-corrected chi connectivity index (χ0v) is 13.5. The molecule has 0 unspecified atom stereocenters. The van der Waals surface area contributed by atoms with E-state index in [-0.39, 0.29) is 30.5 Å². The Balaban J connectivity index is 1.85. The van der Waals surface area contributed by atoms with Crippen LogP contribution in [0, 0.1) is 11.6 Å². The normalized spacial score (nSPS) is 14.0. The Labute approximate surface area is 141 Å². The highest BCUT2D eigenvalue weighted by Crippen LogP contribution is 2.27. The highest BCUT2D eigenvalue weighted by atomic mass is 32.1. The van der Waals surface area contributed by atoms with E-state index in [0.717, 1.165) is 12.1 Å². The fourth-order valence-corrected chi connectivity index (χ4v) is 2.41. The van der Waals surface area contributed by atoms with Crippen LogP contribution in [0.3, 0.4) is 0 Å². The Bertz CT molecular complexity index is 785. The SMILES string of the molecule is CC(=S)NCc1cn(-c2cc(F)c(N3CNC(=O)C3)c(F)c2)nn1. The molecule has 1 amide bonds. The first-order valence-electron chi connectivity index (χ1n) is 7.11. The van der Waals surface area contributed by atoms with Crippen LogP contribution in [0.15, 0.2) is 18.3 Å². The van der Waals surface area contributed by atoms with Crippen LogP contribution in [0.5, 0.6) is 0 Å². The molecular formula is C14H14F2N6OS. The maximum atomic E-state index is 14.3. The first kappa shape index (κ1) is 16.2. The molecule has 2 N–H and O–H groups in total. The first-order chi connectivity index (χ1) is 11.4. The van der Waals surface area contributed by atoms with Crippen molar-refractivity contribution >= 4 is 28.8 Å². The summed E-state index contributed by atoms with van der Waals surface area (Å²) in [7, 11) is 0. The average Bonchev–Trinajstić information content (AvgIpc) is 3.13. The molecule has 1 aromatic carbocycles. The summed E-state index contributed by atoms with van der Waals surface area (Å²) in [6, 6.07) is 2.30. The van der Waals surface area contributed by atoms with Gasteiger partial charge in [0.1, 0.15) is 11.4 Å². The number of aromatic nitrogens is 3. The summed E-state index contributed by atoms with van der Waals surface area (Å²) in [4.78, 5) is 13.1. The lowest BCUT2D eigenvalue weighted by Gasteiger charge is -2.17. The van der Waals surface area contributed by atoms with Gasteiger partial charge in [0.05, 0.1) is 36.6 Å². The molecule has 10 heteroatoms. The van der Waals surface area contributed by atoms with Crippen LogP contribution in [0.1, 0.15) is 12.6 Å². The summed E-state index contributed by atoms with van der Waals surface area (Å²) in [5.41, 5.74) is 0.541. The van der Waals surface area contributed by atoms with Gasteiger partial charge in [0.15, 0.2) is 11.6 Å². The van der Waals surface area contributed by atoms with Gasteiger partial charge in [-0.05, 0) is 6.92 Å². The van der Waals surface area contributed by atoms with Crippen molar-refractivity contribution in [2.75, 3.05) is 18.1 Å². The number of carbonyl (C=O) groups is 1. The standard InChI is InChI=1S/C14H14F2N6OS/c1-8(24)17-4-9-5-22(20-19-9)10-2-11(15)14(12(16)3-10)21-6-13(23)18-7-21/h2-3,5H,4,6-7H2,1H3,(H,17,24)(H,18,23). The number of hydrogen-bond donors (Lipinski definition) is 2. The van der Waals surface area contributed by atoms with Gasteiger partial charge < -0.3 is 15.5 Å². The maximum Gasteiger partial charge on any atom is 0.240 e. The second-order valence-corrected chi connectivity index (χ2v) is 5.89. The van der Waals surface area contributed by atoms with Crippen LogP contribution in [0.2, 0.25) is 0 Å². The topological polar surface area (TPSA) is 75.1 Å². The third kappa shape index (κ3) is 3.32. The van der Waals surface area contributed by atoms with E-state index in [1.165, 1.54) is 9.58 Å². The third-order valence-electron chi connectivity index (χ3n) is 3.44. The van der Waals surface area contributed by atoms with E-state index in [4.69, 9.17) is 12.2 Å². The molecule has 2 heterocycles. The van der Waals surface area contributed by atoms with Gasteiger partial charge >= 0.3 is 0 Å². The summed E-state index contributed by atoms with van der Waals surface area (Å²) in [5, 5.41) is 13.2. The molecule has 0 spiro atoms. The number of anilines is 1. The lowest BCUT2D eigenvalue weighted by molar-refractivity contribution is -0.118. The van der Waals surface area contributed by atoms with Gasteiger partial charge in [0.2, 0.25) is 5.91 Å². The minimum atomic E-state index is -0.772. The Kier molecular flexibility index (Phi) is 4.38. The largest absolute Gasteiger partial charge is 0.374 e. The molecule has 24 heavy (non-hydrogen) atoms. The molecule has 1 aliphatic heterocycles. The fraction of sp³-hybridized carbons (Fsp3) is 0.286. The molecule has 2 aromatic rings. The van der Waals surface area contributed by atoms with Crippen molar-refractivity contribution in [1.29, 1.82) is 0 Å². The Morgan fingerprint density at radius 2 is 2.12 bits per heavy atom. The monoisotopic (exact) mass is 352 g/mol. The molecule has 126 valence electrons. The Morgan fingerprint density at radius 1 is 1.42 bits per heavy atom. The molecule has 1 saturated heterocycles. The van der Waals surface area contributed by atoms with E-state index < -0.39 is 11.6 Å². The van der Waals surface area contributed by atoms with Crippen LogP contribution in [0.25, 0.3) is 5.69 Å². The van der Waals surface area contributed by atoms with Crippen molar-refractivity contribution in [3.8, 4) is 5.69 Å². The summed E-state index contributed by atoms with van der Waals surface area (Å²) < 4.78 is 29.9. The minimum absolute atomic E-state index is 0.0715. The predicted molar refractivity (Wildman–Crippen MR) is 86.7 cm³/mol. The van der Waals surface area contributed by atoms with Crippen LogP contribution in [-0.2, 0) is 11.3 Å². The number of carbonyl (C=O) groups excluding carboxylic acids is 1. The molecule has 1 aromatic heterocycles. The van der Waals surface area contributed by atoms with Gasteiger partial charge in [-0.25, -0.2) is 13.5 Å².